The van der Waals surface area contributed by atoms with Gasteiger partial charge in [0.25, 0.3) is 0 Å². The van der Waals surface area contributed by atoms with Gasteiger partial charge in [-0.2, -0.15) is 0 Å². The number of hydrogen-bond donors (Lipinski definition) is 3. The third kappa shape index (κ3) is 4.32. The van der Waals surface area contributed by atoms with Crippen LogP contribution in [-0.2, 0) is 25.7 Å². The predicted octanol–water partition coefficient (Wildman–Crippen LogP) is 2.39. The van der Waals surface area contributed by atoms with Crippen LogP contribution in [0.15, 0.2) is 30.3 Å². The van der Waals surface area contributed by atoms with E-state index in [2.05, 4.69) is 17.6 Å². The third-order valence-corrected chi connectivity index (χ3v) is 8.48. The number of carbonyl (C=O) groups is 3. The first-order chi connectivity index (χ1) is 17.1. The molecule has 3 heterocycles. The fraction of sp³-hybridized carbons (Fsp3) is 0.679. The van der Waals surface area contributed by atoms with E-state index < -0.39 is 35.1 Å². The van der Waals surface area contributed by atoms with Crippen LogP contribution in [0.4, 0.5) is 0 Å². The number of likely N-dealkylation sites (tertiary alicyclic amines) is 1. The molecule has 36 heavy (non-hydrogen) atoms. The molecule has 8 heteroatoms. The molecule has 3 N–H and O–H groups in total. The van der Waals surface area contributed by atoms with Crippen molar-refractivity contribution in [2.24, 2.45) is 17.8 Å². The molecule has 0 radical (unpaired) electrons. The van der Waals surface area contributed by atoms with Gasteiger partial charge in [0.15, 0.2) is 0 Å². The van der Waals surface area contributed by atoms with Crippen molar-refractivity contribution >= 4 is 17.7 Å². The molecule has 0 aromatic heterocycles. The van der Waals surface area contributed by atoms with Gasteiger partial charge >= 0.3 is 0 Å². The number of ether oxygens (including phenoxy) is 1. The highest BCUT2D eigenvalue weighted by Crippen LogP contribution is 2.63. The lowest BCUT2D eigenvalue weighted by atomic mass is 9.66. The number of carbonyl (C=O) groups excluding carboxylic acids is 3. The Morgan fingerprint density at radius 1 is 1.17 bits per heavy atom. The molecule has 3 unspecified atom stereocenters. The number of benzene rings is 1. The molecule has 1 spiro atoms. The molecule has 3 fully saturated rings. The summed E-state index contributed by atoms with van der Waals surface area (Å²) in [6, 6.07) is 8.15. The first-order valence-electron chi connectivity index (χ1n) is 13.3. The maximum Gasteiger partial charge on any atom is 0.246 e. The van der Waals surface area contributed by atoms with E-state index in [1.165, 1.54) is 0 Å². The lowest BCUT2D eigenvalue weighted by Gasteiger charge is -2.39. The Bertz CT molecular complexity index is 985. The van der Waals surface area contributed by atoms with E-state index in [0.717, 1.165) is 18.4 Å². The first kappa shape index (κ1) is 26.6. The van der Waals surface area contributed by atoms with Gasteiger partial charge in [0.2, 0.25) is 17.7 Å². The Morgan fingerprint density at radius 2 is 1.86 bits per heavy atom. The number of amides is 3. The highest BCUT2D eigenvalue weighted by molar-refractivity contribution is 5.99. The van der Waals surface area contributed by atoms with Crippen molar-refractivity contribution in [3.05, 3.63) is 35.9 Å². The van der Waals surface area contributed by atoms with Crippen LogP contribution >= 0.6 is 0 Å². The normalized spacial score (nSPS) is 32.5. The maximum atomic E-state index is 14.1. The average Bonchev–Trinajstić information content (AvgIpc) is 3.40. The summed E-state index contributed by atoms with van der Waals surface area (Å²) >= 11 is 0. The summed E-state index contributed by atoms with van der Waals surface area (Å²) in [6.45, 7) is 9.86. The van der Waals surface area contributed by atoms with Crippen molar-refractivity contribution < 1.29 is 24.2 Å². The number of hydrogen-bond acceptors (Lipinski definition) is 5. The second-order valence-corrected chi connectivity index (χ2v) is 11.4. The van der Waals surface area contributed by atoms with Crippen LogP contribution < -0.4 is 10.6 Å². The molecule has 2 bridgehead atoms. The zero-order chi connectivity index (χ0) is 26.3. The van der Waals surface area contributed by atoms with Crippen molar-refractivity contribution in [1.29, 1.82) is 0 Å². The Kier molecular flexibility index (Phi) is 7.49. The van der Waals surface area contributed by atoms with Crippen LogP contribution in [0, 0.1) is 17.8 Å². The largest absolute Gasteiger partial charge is 0.394 e. The molecule has 1 aromatic carbocycles. The van der Waals surface area contributed by atoms with E-state index in [1.54, 1.807) is 4.90 Å². The standard InChI is InChI=1S/C28H41N3O5/c1-6-10-18(4)30-25(34)23-28-14-13-27(5,36-28)21(24(33)29-15-19-11-8-7-9-12-19)22(28)26(35)31(23)20(16-32)17(2)3/h7-9,11-12,17-18,20-23,32H,6,10,13-16H2,1-5H3,(H,29,33)(H,30,34)/t18?,20-,21+,22-,23?,27-,28?/m0/s1. The lowest BCUT2D eigenvalue weighted by molar-refractivity contribution is -0.151. The van der Waals surface area contributed by atoms with Gasteiger partial charge < -0.3 is 25.4 Å². The van der Waals surface area contributed by atoms with Gasteiger partial charge in [0.1, 0.15) is 11.6 Å². The summed E-state index contributed by atoms with van der Waals surface area (Å²) in [5.41, 5.74) is -0.942. The van der Waals surface area contributed by atoms with Gasteiger partial charge in [-0.1, -0.05) is 57.5 Å². The summed E-state index contributed by atoms with van der Waals surface area (Å²) < 4.78 is 6.64. The van der Waals surface area contributed by atoms with E-state index in [9.17, 15) is 19.5 Å². The molecule has 3 aliphatic rings. The lowest BCUT2D eigenvalue weighted by Crippen LogP contribution is -2.59. The number of nitrogens with zero attached hydrogens (tertiary/aromatic N) is 1. The Balaban J connectivity index is 1.69. The number of nitrogens with one attached hydrogen (secondary N) is 2. The molecule has 4 rings (SSSR count). The van der Waals surface area contributed by atoms with Crippen molar-refractivity contribution in [3.8, 4) is 0 Å². The minimum Gasteiger partial charge on any atom is -0.394 e. The van der Waals surface area contributed by atoms with Crippen molar-refractivity contribution in [3.63, 3.8) is 0 Å². The quantitative estimate of drug-likeness (QED) is 0.458. The first-order valence-corrected chi connectivity index (χ1v) is 13.3. The zero-order valence-electron chi connectivity index (χ0n) is 22.1. The second-order valence-electron chi connectivity index (χ2n) is 11.4. The van der Waals surface area contributed by atoms with Gasteiger partial charge in [-0.15, -0.1) is 0 Å². The summed E-state index contributed by atoms with van der Waals surface area (Å²) in [6.07, 6.45) is 2.86. The fourth-order valence-corrected chi connectivity index (χ4v) is 6.76. The molecule has 198 valence electrons. The monoisotopic (exact) mass is 499 g/mol. The number of aliphatic hydroxyl groups is 1. The van der Waals surface area contributed by atoms with E-state index >= 15 is 0 Å². The zero-order valence-corrected chi connectivity index (χ0v) is 22.1. The Labute approximate surface area is 214 Å². The average molecular weight is 500 g/mol. The molecule has 3 saturated heterocycles. The fourth-order valence-electron chi connectivity index (χ4n) is 6.76. The van der Waals surface area contributed by atoms with E-state index in [1.807, 2.05) is 58.0 Å². The summed E-state index contributed by atoms with van der Waals surface area (Å²) in [7, 11) is 0. The summed E-state index contributed by atoms with van der Waals surface area (Å²) in [4.78, 5) is 43.0. The van der Waals surface area contributed by atoms with Gasteiger partial charge in [0.05, 0.1) is 30.1 Å². The predicted molar refractivity (Wildman–Crippen MR) is 136 cm³/mol. The Morgan fingerprint density at radius 3 is 2.47 bits per heavy atom. The minimum absolute atomic E-state index is 0.0549. The van der Waals surface area contributed by atoms with Crippen molar-refractivity contribution in [1.82, 2.24) is 15.5 Å². The SMILES string of the molecule is CCCC(C)NC(=O)C1N([C@@H](CO)C(C)C)C(=O)[C@@H]2[C@H](C(=O)NCc3ccccc3)[C@]3(C)CCC12O3. The van der Waals surface area contributed by atoms with Gasteiger partial charge in [-0.05, 0) is 44.6 Å². The molecule has 0 aliphatic carbocycles. The summed E-state index contributed by atoms with van der Waals surface area (Å²) in [5.74, 6) is -2.31. The smallest absolute Gasteiger partial charge is 0.246 e. The van der Waals surface area contributed by atoms with E-state index in [-0.39, 0.29) is 36.3 Å². The molecule has 3 aliphatic heterocycles. The molecule has 0 saturated carbocycles. The third-order valence-electron chi connectivity index (χ3n) is 8.48. The van der Waals surface area contributed by atoms with Gasteiger partial charge in [-0.3, -0.25) is 14.4 Å². The van der Waals surface area contributed by atoms with Crippen LogP contribution in [-0.4, -0.2) is 63.7 Å². The highest BCUT2D eigenvalue weighted by Gasteiger charge is 2.78. The molecular formula is C28H41N3O5. The minimum atomic E-state index is -1.08. The van der Waals surface area contributed by atoms with Crippen LogP contribution in [0.25, 0.3) is 0 Å². The highest BCUT2D eigenvalue weighted by atomic mass is 16.5. The van der Waals surface area contributed by atoms with Crippen molar-refractivity contribution in [2.75, 3.05) is 6.61 Å². The number of rotatable bonds is 10. The van der Waals surface area contributed by atoms with E-state index in [0.29, 0.717) is 19.4 Å². The topological polar surface area (TPSA) is 108 Å². The molecule has 7 atom stereocenters. The van der Waals surface area contributed by atoms with Gasteiger partial charge in [-0.25, -0.2) is 0 Å². The van der Waals surface area contributed by atoms with Crippen LogP contribution in [0.1, 0.15) is 65.9 Å². The Hall–Kier alpha value is -2.45. The second kappa shape index (κ2) is 10.1. The van der Waals surface area contributed by atoms with Crippen LogP contribution in [0.5, 0.6) is 0 Å². The van der Waals surface area contributed by atoms with Crippen LogP contribution in [0.3, 0.4) is 0 Å². The van der Waals surface area contributed by atoms with Gasteiger partial charge in [0, 0.05) is 12.6 Å². The van der Waals surface area contributed by atoms with E-state index in [4.69, 9.17) is 4.74 Å². The van der Waals surface area contributed by atoms with Crippen molar-refractivity contribution in [2.45, 2.75) is 96.2 Å². The number of fused-ring (bicyclic) bond motifs is 1. The maximum absolute atomic E-state index is 14.1. The molecular weight excluding hydrogens is 458 g/mol. The summed E-state index contributed by atoms with van der Waals surface area (Å²) in [5, 5.41) is 16.4. The molecule has 1 aromatic rings. The van der Waals surface area contributed by atoms with Crippen LogP contribution in [0.2, 0.25) is 0 Å². The number of aliphatic hydroxyl groups excluding tert-OH is 1. The molecule has 3 amide bonds. The molecule has 8 nitrogen and oxygen atoms in total.